The van der Waals surface area contributed by atoms with Gasteiger partial charge in [0.15, 0.2) is 0 Å². The molecule has 2 aliphatic rings. The molecule has 2 aliphatic heterocycles. The van der Waals surface area contributed by atoms with E-state index in [1.54, 1.807) is 0 Å². The second-order valence-electron chi connectivity index (χ2n) is 4.77. The number of nitrogens with zero attached hydrogens (tertiary/aromatic N) is 1. The van der Waals surface area contributed by atoms with E-state index in [1.165, 1.54) is 0 Å². The molecule has 2 fully saturated rings. The number of carbonyl (C=O) groups excluding carboxylic acids is 1. The number of nitrogens with one attached hydrogen (secondary N) is 1. The van der Waals surface area contributed by atoms with Crippen LogP contribution in [0, 0.1) is 0 Å². The van der Waals surface area contributed by atoms with Gasteiger partial charge in [0.05, 0.1) is 18.8 Å². The van der Waals surface area contributed by atoms with E-state index < -0.39 is 0 Å². The third-order valence-electron chi connectivity index (χ3n) is 3.63. The molecule has 2 saturated heterocycles. The summed E-state index contributed by atoms with van der Waals surface area (Å²) in [4.78, 5) is 14.5. The second kappa shape index (κ2) is 5.15. The fourth-order valence-electron chi connectivity index (χ4n) is 2.80. The maximum atomic E-state index is 12.5. The molecule has 0 saturated carbocycles. The minimum atomic E-state index is -0.258. The van der Waals surface area contributed by atoms with Gasteiger partial charge in [-0.1, -0.05) is 13.3 Å². The second-order valence-corrected chi connectivity index (χ2v) is 4.77. The molecule has 2 heterocycles. The predicted octanol–water partition coefficient (Wildman–Crippen LogP) is 0.767. The first kappa shape index (κ1) is 11.9. The van der Waals surface area contributed by atoms with E-state index in [0.717, 1.165) is 45.3 Å². The number of morpholine rings is 1. The summed E-state index contributed by atoms with van der Waals surface area (Å²) in [6.45, 7) is 6.02. The molecule has 1 atom stereocenters. The molecular formula is C12H22N2O2. The SMILES string of the molecule is CCCC1(C(=O)N2CCOCC2)CCCN1. The van der Waals surface area contributed by atoms with Crippen LogP contribution in [0.5, 0.6) is 0 Å². The van der Waals surface area contributed by atoms with Crippen LogP contribution in [0.3, 0.4) is 0 Å². The molecule has 0 aromatic heterocycles. The summed E-state index contributed by atoms with van der Waals surface area (Å²) in [5, 5.41) is 3.44. The van der Waals surface area contributed by atoms with Crippen LogP contribution in [-0.2, 0) is 9.53 Å². The molecule has 4 nitrogen and oxygen atoms in total. The van der Waals surface area contributed by atoms with E-state index in [9.17, 15) is 4.79 Å². The van der Waals surface area contributed by atoms with Crippen molar-refractivity contribution < 1.29 is 9.53 Å². The van der Waals surface area contributed by atoms with Crippen LogP contribution in [-0.4, -0.2) is 49.2 Å². The number of amides is 1. The van der Waals surface area contributed by atoms with Crippen molar-refractivity contribution in [3.63, 3.8) is 0 Å². The van der Waals surface area contributed by atoms with Gasteiger partial charge in [0, 0.05) is 13.1 Å². The summed E-state index contributed by atoms with van der Waals surface area (Å²) in [5.41, 5.74) is -0.258. The average molecular weight is 226 g/mol. The maximum Gasteiger partial charge on any atom is 0.243 e. The third kappa shape index (κ3) is 2.23. The van der Waals surface area contributed by atoms with E-state index in [2.05, 4.69) is 12.2 Å². The Balaban J connectivity index is 2.04. The standard InChI is InChI=1S/C12H22N2O2/c1-2-4-12(5-3-6-13-12)11(15)14-7-9-16-10-8-14/h13H,2-10H2,1H3. The van der Waals surface area contributed by atoms with Gasteiger partial charge in [0.1, 0.15) is 0 Å². The Labute approximate surface area is 97.3 Å². The zero-order valence-corrected chi connectivity index (χ0v) is 10.1. The molecular weight excluding hydrogens is 204 g/mol. The van der Waals surface area contributed by atoms with E-state index in [1.807, 2.05) is 4.90 Å². The molecule has 0 aromatic rings. The number of hydrogen-bond donors (Lipinski definition) is 1. The molecule has 1 amide bonds. The molecule has 2 rings (SSSR count). The lowest BCUT2D eigenvalue weighted by Crippen LogP contribution is -2.57. The summed E-state index contributed by atoms with van der Waals surface area (Å²) in [7, 11) is 0. The number of hydrogen-bond acceptors (Lipinski definition) is 3. The van der Waals surface area contributed by atoms with Gasteiger partial charge in [-0.2, -0.15) is 0 Å². The van der Waals surface area contributed by atoms with Crippen molar-refractivity contribution in [2.75, 3.05) is 32.8 Å². The highest BCUT2D eigenvalue weighted by Gasteiger charge is 2.42. The van der Waals surface area contributed by atoms with Crippen LogP contribution in [0.15, 0.2) is 0 Å². The van der Waals surface area contributed by atoms with Gasteiger partial charge in [-0.15, -0.1) is 0 Å². The first-order valence-corrected chi connectivity index (χ1v) is 6.41. The highest BCUT2D eigenvalue weighted by molar-refractivity contribution is 5.86. The molecule has 0 aromatic carbocycles. The van der Waals surface area contributed by atoms with Crippen molar-refractivity contribution in [2.45, 2.75) is 38.1 Å². The number of ether oxygens (including phenoxy) is 1. The lowest BCUT2D eigenvalue weighted by atomic mass is 9.90. The summed E-state index contributed by atoms with van der Waals surface area (Å²) >= 11 is 0. The maximum absolute atomic E-state index is 12.5. The molecule has 1 unspecified atom stereocenters. The number of rotatable bonds is 3. The van der Waals surface area contributed by atoms with Crippen LogP contribution in [0.1, 0.15) is 32.6 Å². The van der Waals surface area contributed by atoms with Crippen molar-refractivity contribution in [3.05, 3.63) is 0 Å². The van der Waals surface area contributed by atoms with Crippen molar-refractivity contribution in [3.8, 4) is 0 Å². The zero-order chi connectivity index (χ0) is 11.4. The van der Waals surface area contributed by atoms with Gasteiger partial charge in [-0.3, -0.25) is 4.79 Å². The molecule has 4 heteroatoms. The minimum Gasteiger partial charge on any atom is -0.378 e. The Hall–Kier alpha value is -0.610. The van der Waals surface area contributed by atoms with Crippen molar-refractivity contribution in [2.24, 2.45) is 0 Å². The highest BCUT2D eigenvalue weighted by Crippen LogP contribution is 2.27. The minimum absolute atomic E-state index is 0.258. The Bertz CT molecular complexity index is 243. The molecule has 0 aliphatic carbocycles. The first-order valence-electron chi connectivity index (χ1n) is 6.41. The van der Waals surface area contributed by atoms with Crippen molar-refractivity contribution >= 4 is 5.91 Å². The number of carbonyl (C=O) groups is 1. The summed E-state index contributed by atoms with van der Waals surface area (Å²) in [6, 6.07) is 0. The van der Waals surface area contributed by atoms with Gasteiger partial charge in [0.25, 0.3) is 0 Å². The van der Waals surface area contributed by atoms with E-state index in [0.29, 0.717) is 19.1 Å². The summed E-state index contributed by atoms with van der Waals surface area (Å²) in [6.07, 6.45) is 4.14. The zero-order valence-electron chi connectivity index (χ0n) is 10.1. The Morgan fingerprint density at radius 1 is 1.44 bits per heavy atom. The smallest absolute Gasteiger partial charge is 0.243 e. The molecule has 0 spiro atoms. The Morgan fingerprint density at radius 3 is 2.75 bits per heavy atom. The van der Waals surface area contributed by atoms with Gasteiger partial charge in [-0.25, -0.2) is 0 Å². The average Bonchev–Trinajstić information content (AvgIpc) is 2.80. The van der Waals surface area contributed by atoms with Crippen LogP contribution in [0.4, 0.5) is 0 Å². The van der Waals surface area contributed by atoms with E-state index >= 15 is 0 Å². The van der Waals surface area contributed by atoms with Gasteiger partial charge in [0.2, 0.25) is 5.91 Å². The monoisotopic (exact) mass is 226 g/mol. The third-order valence-corrected chi connectivity index (χ3v) is 3.63. The van der Waals surface area contributed by atoms with E-state index in [4.69, 9.17) is 4.74 Å². The quantitative estimate of drug-likeness (QED) is 0.773. The van der Waals surface area contributed by atoms with Crippen LogP contribution >= 0.6 is 0 Å². The Morgan fingerprint density at radius 2 is 2.19 bits per heavy atom. The molecule has 1 N–H and O–H groups in total. The predicted molar refractivity (Wildman–Crippen MR) is 62.3 cm³/mol. The van der Waals surface area contributed by atoms with Gasteiger partial charge >= 0.3 is 0 Å². The lowest BCUT2D eigenvalue weighted by molar-refractivity contribution is -0.142. The van der Waals surface area contributed by atoms with Crippen LogP contribution < -0.4 is 5.32 Å². The molecule has 0 radical (unpaired) electrons. The van der Waals surface area contributed by atoms with Gasteiger partial charge < -0.3 is 15.0 Å². The molecule has 16 heavy (non-hydrogen) atoms. The summed E-state index contributed by atoms with van der Waals surface area (Å²) < 4.78 is 5.29. The Kier molecular flexibility index (Phi) is 3.82. The first-order chi connectivity index (χ1) is 7.78. The lowest BCUT2D eigenvalue weighted by Gasteiger charge is -2.36. The van der Waals surface area contributed by atoms with Crippen molar-refractivity contribution in [1.82, 2.24) is 10.2 Å². The molecule has 92 valence electrons. The van der Waals surface area contributed by atoms with Crippen LogP contribution in [0.25, 0.3) is 0 Å². The highest BCUT2D eigenvalue weighted by atomic mass is 16.5. The van der Waals surface area contributed by atoms with Crippen LogP contribution in [0.2, 0.25) is 0 Å². The fraction of sp³-hybridized carbons (Fsp3) is 0.917. The molecule has 0 bridgehead atoms. The van der Waals surface area contributed by atoms with E-state index in [-0.39, 0.29) is 5.54 Å². The summed E-state index contributed by atoms with van der Waals surface area (Å²) in [5.74, 6) is 0.301. The normalized spacial score (nSPS) is 30.7. The largest absolute Gasteiger partial charge is 0.378 e. The van der Waals surface area contributed by atoms with Gasteiger partial charge in [-0.05, 0) is 25.8 Å². The topological polar surface area (TPSA) is 41.6 Å². The fourth-order valence-corrected chi connectivity index (χ4v) is 2.80. The van der Waals surface area contributed by atoms with Crippen molar-refractivity contribution in [1.29, 1.82) is 0 Å².